The van der Waals surface area contributed by atoms with E-state index in [2.05, 4.69) is 0 Å². The van der Waals surface area contributed by atoms with Gasteiger partial charge in [0.15, 0.2) is 0 Å². The second-order valence-corrected chi connectivity index (χ2v) is 4.20. The lowest BCUT2D eigenvalue weighted by Crippen LogP contribution is -2.37. The molecule has 0 bridgehead atoms. The first kappa shape index (κ1) is 15.9. The minimum absolute atomic E-state index is 0.180. The second kappa shape index (κ2) is 7.47. The molecule has 6 heteroatoms. The van der Waals surface area contributed by atoms with E-state index in [1.807, 2.05) is 6.92 Å². The van der Waals surface area contributed by atoms with E-state index in [0.717, 1.165) is 6.07 Å². The SMILES string of the molecule is CCCN(CC(=O)OCC)C(=O)c1ccc(O)cc1F. The topological polar surface area (TPSA) is 66.8 Å². The van der Waals surface area contributed by atoms with E-state index >= 15 is 0 Å². The number of hydrogen-bond donors (Lipinski definition) is 1. The summed E-state index contributed by atoms with van der Waals surface area (Å²) < 4.78 is 18.5. The lowest BCUT2D eigenvalue weighted by atomic mass is 10.1. The second-order valence-electron chi connectivity index (χ2n) is 4.20. The normalized spacial score (nSPS) is 10.2. The lowest BCUT2D eigenvalue weighted by molar-refractivity contribution is -0.143. The molecule has 0 aromatic heterocycles. The number of halogens is 1. The number of rotatable bonds is 6. The van der Waals surface area contributed by atoms with Crippen LogP contribution in [0.3, 0.4) is 0 Å². The molecular weight excluding hydrogens is 265 g/mol. The summed E-state index contributed by atoms with van der Waals surface area (Å²) in [5.41, 5.74) is -0.180. The van der Waals surface area contributed by atoms with Gasteiger partial charge in [0.25, 0.3) is 5.91 Å². The van der Waals surface area contributed by atoms with Crippen LogP contribution in [0.15, 0.2) is 18.2 Å². The molecule has 1 rings (SSSR count). The Balaban J connectivity index is 2.90. The van der Waals surface area contributed by atoms with Gasteiger partial charge in [0.05, 0.1) is 12.2 Å². The Morgan fingerprint density at radius 2 is 2.05 bits per heavy atom. The van der Waals surface area contributed by atoms with Gasteiger partial charge >= 0.3 is 5.97 Å². The maximum absolute atomic E-state index is 13.7. The van der Waals surface area contributed by atoms with Crippen molar-refractivity contribution < 1.29 is 23.8 Å². The largest absolute Gasteiger partial charge is 0.508 e. The smallest absolute Gasteiger partial charge is 0.325 e. The van der Waals surface area contributed by atoms with Crippen LogP contribution in [-0.4, -0.2) is 41.6 Å². The third-order valence-electron chi connectivity index (χ3n) is 2.59. The van der Waals surface area contributed by atoms with Crippen molar-refractivity contribution in [2.24, 2.45) is 0 Å². The van der Waals surface area contributed by atoms with E-state index in [9.17, 15) is 14.0 Å². The zero-order valence-corrected chi connectivity index (χ0v) is 11.6. The van der Waals surface area contributed by atoms with E-state index in [1.54, 1.807) is 6.92 Å². The van der Waals surface area contributed by atoms with Crippen molar-refractivity contribution in [2.75, 3.05) is 19.7 Å². The van der Waals surface area contributed by atoms with E-state index in [4.69, 9.17) is 9.84 Å². The van der Waals surface area contributed by atoms with Gasteiger partial charge in [-0.3, -0.25) is 9.59 Å². The third kappa shape index (κ3) is 4.22. The first-order valence-corrected chi connectivity index (χ1v) is 6.43. The number of phenolic OH excluding ortho intramolecular Hbond substituents is 1. The van der Waals surface area contributed by atoms with Gasteiger partial charge in [-0.15, -0.1) is 0 Å². The molecule has 0 atom stereocenters. The predicted octanol–water partition coefficient (Wildman–Crippen LogP) is 1.95. The number of hydrogen-bond acceptors (Lipinski definition) is 4. The number of esters is 1. The van der Waals surface area contributed by atoms with Crippen LogP contribution < -0.4 is 0 Å². The van der Waals surface area contributed by atoms with Crippen molar-refractivity contribution >= 4 is 11.9 Å². The first-order valence-electron chi connectivity index (χ1n) is 6.43. The Labute approximate surface area is 117 Å². The van der Waals surface area contributed by atoms with Gasteiger partial charge in [0.2, 0.25) is 0 Å². The average Bonchev–Trinajstić information content (AvgIpc) is 2.38. The van der Waals surface area contributed by atoms with Gasteiger partial charge in [0.1, 0.15) is 18.1 Å². The maximum atomic E-state index is 13.7. The van der Waals surface area contributed by atoms with Crippen LogP contribution in [-0.2, 0) is 9.53 Å². The number of benzene rings is 1. The molecule has 0 unspecified atom stereocenters. The van der Waals surface area contributed by atoms with Crippen molar-refractivity contribution in [1.82, 2.24) is 4.90 Å². The molecule has 0 aliphatic carbocycles. The summed E-state index contributed by atoms with van der Waals surface area (Å²) in [6.45, 7) is 3.83. The molecule has 0 spiro atoms. The van der Waals surface area contributed by atoms with Crippen LogP contribution in [0.5, 0.6) is 5.75 Å². The Bertz CT molecular complexity index is 490. The number of phenols is 1. The van der Waals surface area contributed by atoms with E-state index < -0.39 is 17.7 Å². The van der Waals surface area contributed by atoms with Crippen LogP contribution in [0.4, 0.5) is 4.39 Å². The van der Waals surface area contributed by atoms with Crippen molar-refractivity contribution in [3.05, 3.63) is 29.6 Å². The minimum Gasteiger partial charge on any atom is -0.508 e. The minimum atomic E-state index is -0.819. The highest BCUT2D eigenvalue weighted by Gasteiger charge is 2.21. The molecule has 1 N–H and O–H groups in total. The number of aromatic hydroxyl groups is 1. The van der Waals surface area contributed by atoms with E-state index in [-0.39, 0.29) is 24.5 Å². The number of nitrogens with zero attached hydrogens (tertiary/aromatic N) is 1. The number of amides is 1. The first-order chi connectivity index (χ1) is 9.49. The van der Waals surface area contributed by atoms with Crippen LogP contribution >= 0.6 is 0 Å². The fraction of sp³-hybridized carbons (Fsp3) is 0.429. The third-order valence-corrected chi connectivity index (χ3v) is 2.59. The van der Waals surface area contributed by atoms with Crippen LogP contribution in [0.25, 0.3) is 0 Å². The fourth-order valence-corrected chi connectivity index (χ4v) is 1.73. The Morgan fingerprint density at radius 1 is 1.35 bits per heavy atom. The molecule has 0 aliphatic rings. The van der Waals surface area contributed by atoms with Gasteiger partial charge in [-0.05, 0) is 25.5 Å². The summed E-state index contributed by atoms with van der Waals surface area (Å²) in [4.78, 5) is 24.9. The van der Waals surface area contributed by atoms with Gasteiger partial charge in [-0.25, -0.2) is 4.39 Å². The summed E-state index contributed by atoms with van der Waals surface area (Å²) in [7, 11) is 0. The lowest BCUT2D eigenvalue weighted by Gasteiger charge is -2.21. The van der Waals surface area contributed by atoms with Crippen LogP contribution in [0.2, 0.25) is 0 Å². The summed E-state index contributed by atoms with van der Waals surface area (Å²) in [6.07, 6.45) is 0.630. The zero-order valence-electron chi connectivity index (χ0n) is 11.6. The van der Waals surface area contributed by atoms with Crippen LogP contribution in [0.1, 0.15) is 30.6 Å². The van der Waals surface area contributed by atoms with Crippen LogP contribution in [0, 0.1) is 5.82 Å². The standard InChI is InChI=1S/C14H18FNO4/c1-3-7-16(9-13(18)20-4-2)14(19)11-6-5-10(17)8-12(11)15/h5-6,8,17H,3-4,7,9H2,1-2H3. The van der Waals surface area contributed by atoms with Gasteiger partial charge in [0, 0.05) is 12.6 Å². The fourth-order valence-electron chi connectivity index (χ4n) is 1.73. The highest BCUT2D eigenvalue weighted by molar-refractivity contribution is 5.96. The van der Waals surface area contributed by atoms with Gasteiger partial charge < -0.3 is 14.7 Å². The van der Waals surface area contributed by atoms with E-state index in [0.29, 0.717) is 13.0 Å². The summed E-state index contributed by atoms with van der Waals surface area (Å²) in [5, 5.41) is 9.14. The van der Waals surface area contributed by atoms with Crippen molar-refractivity contribution in [1.29, 1.82) is 0 Å². The number of carbonyl (C=O) groups excluding carboxylic acids is 2. The molecule has 110 valence electrons. The molecule has 0 saturated heterocycles. The monoisotopic (exact) mass is 283 g/mol. The molecule has 1 aromatic carbocycles. The average molecular weight is 283 g/mol. The molecular formula is C14H18FNO4. The molecule has 5 nitrogen and oxygen atoms in total. The molecule has 0 aliphatic heterocycles. The molecule has 1 aromatic rings. The zero-order chi connectivity index (χ0) is 15.1. The molecule has 0 fully saturated rings. The Morgan fingerprint density at radius 3 is 2.60 bits per heavy atom. The summed E-state index contributed by atoms with van der Waals surface area (Å²) in [5.74, 6) is -2.21. The summed E-state index contributed by atoms with van der Waals surface area (Å²) in [6, 6.07) is 3.29. The molecule has 0 radical (unpaired) electrons. The highest BCUT2D eigenvalue weighted by atomic mass is 19.1. The Kier molecular flexibility index (Phi) is 5.96. The molecule has 0 saturated carbocycles. The number of carbonyl (C=O) groups is 2. The van der Waals surface area contributed by atoms with Crippen molar-refractivity contribution in [2.45, 2.75) is 20.3 Å². The number of ether oxygens (including phenoxy) is 1. The quantitative estimate of drug-likeness (QED) is 0.810. The molecule has 1 amide bonds. The van der Waals surface area contributed by atoms with Crippen molar-refractivity contribution in [3.63, 3.8) is 0 Å². The van der Waals surface area contributed by atoms with E-state index in [1.165, 1.54) is 17.0 Å². The maximum Gasteiger partial charge on any atom is 0.325 e. The van der Waals surface area contributed by atoms with Gasteiger partial charge in [-0.2, -0.15) is 0 Å². The summed E-state index contributed by atoms with van der Waals surface area (Å²) >= 11 is 0. The molecule has 0 heterocycles. The highest BCUT2D eigenvalue weighted by Crippen LogP contribution is 2.17. The van der Waals surface area contributed by atoms with Crippen molar-refractivity contribution in [3.8, 4) is 5.75 Å². The predicted molar refractivity (Wildman–Crippen MR) is 70.9 cm³/mol. The molecule has 20 heavy (non-hydrogen) atoms. The Hall–Kier alpha value is -2.11. The van der Waals surface area contributed by atoms with Gasteiger partial charge in [-0.1, -0.05) is 6.92 Å².